The normalized spacial score (nSPS) is 21.6. The predicted octanol–water partition coefficient (Wildman–Crippen LogP) is 2.56. The number of benzene rings is 1. The molecule has 1 aromatic carbocycles. The van der Waals surface area contributed by atoms with Crippen LogP contribution in [0.5, 0.6) is 0 Å². The molecule has 1 aromatic rings. The van der Waals surface area contributed by atoms with Gasteiger partial charge in [0.1, 0.15) is 0 Å². The van der Waals surface area contributed by atoms with Gasteiger partial charge in [0.05, 0.1) is 16.1 Å². The Balaban J connectivity index is 2.20. The third kappa shape index (κ3) is 1.97. The first kappa shape index (κ1) is 10.1. The smallest absolute Gasteiger partial charge is 0.0731 e. The van der Waals surface area contributed by atoms with Gasteiger partial charge >= 0.3 is 0 Å². The Hall–Kier alpha value is -0.440. The second-order valence-corrected chi connectivity index (χ2v) is 4.30. The van der Waals surface area contributed by atoms with E-state index in [1.165, 1.54) is 0 Å². The molecule has 0 radical (unpaired) electrons. The average Bonchev–Trinajstić information content (AvgIpc) is 2.57. The largest absolute Gasteiger partial charge is 0.391 e. The molecule has 76 valence electrons. The fraction of sp³-hybridized carbons (Fsp3) is 0.400. The van der Waals surface area contributed by atoms with Crippen molar-refractivity contribution in [2.75, 3.05) is 18.0 Å². The minimum absolute atomic E-state index is 0.218. The van der Waals surface area contributed by atoms with E-state index in [-0.39, 0.29) is 6.10 Å². The molecule has 14 heavy (non-hydrogen) atoms. The molecule has 2 rings (SSSR count). The summed E-state index contributed by atoms with van der Waals surface area (Å²) in [7, 11) is 0. The lowest BCUT2D eigenvalue weighted by Gasteiger charge is -2.18. The zero-order valence-corrected chi connectivity index (χ0v) is 9.09. The van der Waals surface area contributed by atoms with Gasteiger partial charge in [-0.2, -0.15) is 0 Å². The molecule has 1 aliphatic heterocycles. The summed E-state index contributed by atoms with van der Waals surface area (Å²) in [6.45, 7) is 1.55. The molecule has 1 N–H and O–H groups in total. The lowest BCUT2D eigenvalue weighted by atomic mass is 10.3. The van der Waals surface area contributed by atoms with Crippen molar-refractivity contribution >= 4 is 28.9 Å². The van der Waals surface area contributed by atoms with Gasteiger partial charge < -0.3 is 10.0 Å². The van der Waals surface area contributed by atoms with Crippen molar-refractivity contribution in [1.29, 1.82) is 0 Å². The van der Waals surface area contributed by atoms with Gasteiger partial charge in [0.25, 0.3) is 0 Å². The van der Waals surface area contributed by atoms with Crippen LogP contribution in [0.15, 0.2) is 18.2 Å². The molecule has 1 fully saturated rings. The van der Waals surface area contributed by atoms with Crippen molar-refractivity contribution in [3.8, 4) is 0 Å². The van der Waals surface area contributed by atoms with Gasteiger partial charge in [-0.15, -0.1) is 0 Å². The minimum Gasteiger partial charge on any atom is -0.391 e. The molecule has 1 atom stereocenters. The first-order valence-electron chi connectivity index (χ1n) is 4.55. The van der Waals surface area contributed by atoms with Gasteiger partial charge in [-0.25, -0.2) is 0 Å². The summed E-state index contributed by atoms with van der Waals surface area (Å²) in [6.07, 6.45) is 0.602. The molecule has 1 heterocycles. The average molecular weight is 232 g/mol. The maximum absolute atomic E-state index is 9.38. The maximum atomic E-state index is 9.38. The van der Waals surface area contributed by atoms with E-state index in [0.717, 1.165) is 18.7 Å². The zero-order valence-electron chi connectivity index (χ0n) is 7.58. The monoisotopic (exact) mass is 231 g/mol. The third-order valence-electron chi connectivity index (χ3n) is 2.43. The predicted molar refractivity (Wildman–Crippen MR) is 59.3 cm³/mol. The fourth-order valence-corrected chi connectivity index (χ4v) is 1.95. The molecule has 4 heteroatoms. The summed E-state index contributed by atoms with van der Waals surface area (Å²) in [4.78, 5) is 2.10. The minimum atomic E-state index is -0.218. The second-order valence-electron chi connectivity index (χ2n) is 3.49. The van der Waals surface area contributed by atoms with Crippen LogP contribution in [-0.4, -0.2) is 24.3 Å². The topological polar surface area (TPSA) is 23.5 Å². The van der Waals surface area contributed by atoms with E-state index in [0.29, 0.717) is 16.6 Å². The summed E-state index contributed by atoms with van der Waals surface area (Å²) in [5, 5.41) is 10.5. The molecule has 0 amide bonds. The van der Waals surface area contributed by atoms with Crippen LogP contribution in [0.1, 0.15) is 6.42 Å². The lowest BCUT2D eigenvalue weighted by molar-refractivity contribution is 0.198. The van der Waals surface area contributed by atoms with Gasteiger partial charge in [0.2, 0.25) is 0 Å². The van der Waals surface area contributed by atoms with Crippen molar-refractivity contribution in [3.63, 3.8) is 0 Å². The van der Waals surface area contributed by atoms with Gasteiger partial charge in [0.15, 0.2) is 0 Å². The quantitative estimate of drug-likeness (QED) is 0.804. The summed E-state index contributed by atoms with van der Waals surface area (Å²) in [5.74, 6) is 0. The van der Waals surface area contributed by atoms with E-state index in [9.17, 15) is 5.11 Å². The molecule has 0 bridgehead atoms. The van der Waals surface area contributed by atoms with Gasteiger partial charge in [-0.1, -0.05) is 23.2 Å². The fourth-order valence-electron chi connectivity index (χ4n) is 1.66. The number of aliphatic hydroxyl groups is 1. The third-order valence-corrected chi connectivity index (χ3v) is 3.17. The molecular weight excluding hydrogens is 221 g/mol. The van der Waals surface area contributed by atoms with Crippen LogP contribution < -0.4 is 4.90 Å². The Morgan fingerprint density at radius 3 is 2.64 bits per heavy atom. The van der Waals surface area contributed by atoms with Crippen LogP contribution in [0.25, 0.3) is 0 Å². The molecule has 0 aliphatic carbocycles. The summed E-state index contributed by atoms with van der Waals surface area (Å²) in [6, 6.07) is 5.54. The van der Waals surface area contributed by atoms with Crippen LogP contribution in [0.4, 0.5) is 5.69 Å². The van der Waals surface area contributed by atoms with Gasteiger partial charge in [0, 0.05) is 18.8 Å². The van der Waals surface area contributed by atoms with Gasteiger partial charge in [-0.3, -0.25) is 0 Å². The van der Waals surface area contributed by atoms with E-state index in [4.69, 9.17) is 23.2 Å². The molecular formula is C10H11Cl2NO. The standard InChI is InChI=1S/C10H11Cl2NO/c11-9-2-1-7(5-10(9)12)13-4-3-8(14)6-13/h1-2,5,8,14H,3-4,6H2/t8-/m1/s1. The number of hydrogen-bond acceptors (Lipinski definition) is 2. The highest BCUT2D eigenvalue weighted by molar-refractivity contribution is 6.42. The zero-order chi connectivity index (χ0) is 10.1. The van der Waals surface area contributed by atoms with E-state index >= 15 is 0 Å². The Labute approximate surface area is 93.0 Å². The highest BCUT2D eigenvalue weighted by Gasteiger charge is 2.20. The molecule has 0 aromatic heterocycles. The number of nitrogens with zero attached hydrogens (tertiary/aromatic N) is 1. The number of β-amino-alcohol motifs (C(OH)–C–C–N with tert-alkyl or cyclic N) is 1. The van der Waals surface area contributed by atoms with Crippen LogP contribution in [-0.2, 0) is 0 Å². The number of halogens is 2. The Morgan fingerprint density at radius 2 is 2.07 bits per heavy atom. The molecule has 0 unspecified atom stereocenters. The van der Waals surface area contributed by atoms with Gasteiger partial charge in [-0.05, 0) is 24.6 Å². The van der Waals surface area contributed by atoms with Crippen LogP contribution in [0.2, 0.25) is 10.0 Å². The van der Waals surface area contributed by atoms with E-state index in [2.05, 4.69) is 4.90 Å². The molecule has 0 spiro atoms. The highest BCUT2D eigenvalue weighted by Crippen LogP contribution is 2.28. The SMILES string of the molecule is O[C@@H]1CCN(c2ccc(Cl)c(Cl)c2)C1. The second kappa shape index (κ2) is 3.97. The van der Waals surface area contributed by atoms with Crippen molar-refractivity contribution < 1.29 is 5.11 Å². The van der Waals surface area contributed by atoms with Crippen LogP contribution in [0, 0.1) is 0 Å². The molecule has 0 saturated carbocycles. The Bertz CT molecular complexity index is 343. The van der Waals surface area contributed by atoms with E-state index < -0.39 is 0 Å². The number of hydrogen-bond donors (Lipinski definition) is 1. The van der Waals surface area contributed by atoms with Crippen molar-refractivity contribution in [3.05, 3.63) is 28.2 Å². The first-order chi connectivity index (χ1) is 6.66. The first-order valence-corrected chi connectivity index (χ1v) is 5.30. The van der Waals surface area contributed by atoms with Crippen molar-refractivity contribution in [2.24, 2.45) is 0 Å². The van der Waals surface area contributed by atoms with Crippen molar-refractivity contribution in [1.82, 2.24) is 0 Å². The number of aliphatic hydroxyl groups excluding tert-OH is 1. The molecule has 2 nitrogen and oxygen atoms in total. The lowest BCUT2D eigenvalue weighted by Crippen LogP contribution is -2.20. The van der Waals surface area contributed by atoms with Crippen LogP contribution >= 0.6 is 23.2 Å². The Kier molecular flexibility index (Phi) is 2.86. The Morgan fingerprint density at radius 1 is 1.29 bits per heavy atom. The number of anilines is 1. The summed E-state index contributed by atoms with van der Waals surface area (Å²) in [5.41, 5.74) is 1.02. The van der Waals surface area contributed by atoms with Crippen LogP contribution in [0.3, 0.4) is 0 Å². The molecule has 1 aliphatic rings. The summed E-state index contributed by atoms with van der Waals surface area (Å²) >= 11 is 11.7. The highest BCUT2D eigenvalue weighted by atomic mass is 35.5. The summed E-state index contributed by atoms with van der Waals surface area (Å²) < 4.78 is 0. The van der Waals surface area contributed by atoms with E-state index in [1.807, 2.05) is 12.1 Å². The van der Waals surface area contributed by atoms with Crippen molar-refractivity contribution in [2.45, 2.75) is 12.5 Å². The maximum Gasteiger partial charge on any atom is 0.0731 e. The molecule has 1 saturated heterocycles. The number of rotatable bonds is 1. The van der Waals surface area contributed by atoms with E-state index in [1.54, 1.807) is 6.07 Å².